The van der Waals surface area contributed by atoms with E-state index in [4.69, 9.17) is 9.47 Å². The van der Waals surface area contributed by atoms with E-state index in [0.717, 1.165) is 56.7 Å². The highest BCUT2D eigenvalue weighted by molar-refractivity contribution is 6.35. The van der Waals surface area contributed by atoms with E-state index < -0.39 is 0 Å². The summed E-state index contributed by atoms with van der Waals surface area (Å²) in [6.07, 6.45) is 4.97. The molecule has 2 amide bonds. The van der Waals surface area contributed by atoms with Crippen molar-refractivity contribution in [1.82, 2.24) is 9.80 Å². The quantitative estimate of drug-likeness (QED) is 0.392. The molecule has 31 heavy (non-hydrogen) atoms. The molecule has 3 rings (SSSR count). The molecule has 1 atom stereocenters. The van der Waals surface area contributed by atoms with Crippen LogP contribution in [0.15, 0.2) is 30.0 Å². The molecule has 1 fully saturated rings. The first-order valence-electron chi connectivity index (χ1n) is 11.7. The number of benzene rings is 1. The van der Waals surface area contributed by atoms with E-state index in [9.17, 15) is 9.59 Å². The Morgan fingerprint density at radius 1 is 1.03 bits per heavy atom. The zero-order chi connectivity index (χ0) is 22.2. The first kappa shape index (κ1) is 23.3. The normalized spacial score (nSPS) is 19.5. The molecule has 0 bridgehead atoms. The number of unbranched alkanes of at least 4 members (excludes halogenated alkanes) is 1. The Balaban J connectivity index is 1.81. The molecule has 0 spiro atoms. The molecule has 2 aliphatic rings. The maximum atomic E-state index is 13.4. The van der Waals surface area contributed by atoms with E-state index in [-0.39, 0.29) is 11.8 Å². The zero-order valence-electron chi connectivity index (χ0n) is 19.2. The summed E-state index contributed by atoms with van der Waals surface area (Å²) in [6.45, 7) is 10.2. The van der Waals surface area contributed by atoms with Crippen molar-refractivity contribution in [3.05, 3.63) is 35.5 Å². The number of carbonyl (C=O) groups excluding carboxylic acids is 2. The SMILES string of the molecule is CCCCOCCCN1C(=O)C(c2ccc(OCC)cc2)=C(N2CCCC(C)C2)C1=O. The second kappa shape index (κ2) is 11.3. The summed E-state index contributed by atoms with van der Waals surface area (Å²) in [5.41, 5.74) is 1.86. The minimum Gasteiger partial charge on any atom is -0.494 e. The molecule has 2 heterocycles. The number of hydrogen-bond donors (Lipinski definition) is 0. The van der Waals surface area contributed by atoms with Gasteiger partial charge in [-0.15, -0.1) is 0 Å². The Hall–Kier alpha value is -2.34. The van der Waals surface area contributed by atoms with E-state index >= 15 is 0 Å². The van der Waals surface area contributed by atoms with Gasteiger partial charge in [0.05, 0.1) is 12.2 Å². The molecule has 0 aliphatic carbocycles. The molecule has 0 N–H and O–H groups in total. The molecule has 2 aliphatic heterocycles. The van der Waals surface area contributed by atoms with Crippen LogP contribution in [0.2, 0.25) is 0 Å². The third-order valence-corrected chi connectivity index (χ3v) is 5.88. The Bertz CT molecular complexity index is 787. The smallest absolute Gasteiger partial charge is 0.277 e. The zero-order valence-corrected chi connectivity index (χ0v) is 19.2. The lowest BCUT2D eigenvalue weighted by Gasteiger charge is -2.33. The lowest BCUT2D eigenvalue weighted by atomic mass is 9.97. The predicted molar refractivity (Wildman–Crippen MR) is 122 cm³/mol. The first-order valence-corrected chi connectivity index (χ1v) is 11.7. The highest BCUT2D eigenvalue weighted by Crippen LogP contribution is 2.34. The number of imide groups is 1. The largest absolute Gasteiger partial charge is 0.494 e. The fourth-order valence-corrected chi connectivity index (χ4v) is 4.27. The number of piperidine rings is 1. The van der Waals surface area contributed by atoms with E-state index in [0.29, 0.717) is 43.4 Å². The molecule has 6 heteroatoms. The molecule has 1 aromatic rings. The number of nitrogens with zero attached hydrogens (tertiary/aromatic N) is 2. The van der Waals surface area contributed by atoms with Crippen molar-refractivity contribution in [2.24, 2.45) is 5.92 Å². The van der Waals surface area contributed by atoms with Gasteiger partial charge in [-0.1, -0.05) is 32.4 Å². The standard InChI is InChI=1S/C25H36N2O4/c1-4-6-16-30-17-8-15-27-24(28)22(20-10-12-21(13-11-20)31-5-2)23(25(27)29)26-14-7-9-19(3)18-26/h10-13,19H,4-9,14-18H2,1-3H3. The monoisotopic (exact) mass is 428 g/mol. The summed E-state index contributed by atoms with van der Waals surface area (Å²) in [5.74, 6) is 0.900. The Labute approximate surface area is 186 Å². The van der Waals surface area contributed by atoms with Crippen LogP contribution in [-0.4, -0.2) is 61.1 Å². The molecule has 1 unspecified atom stereocenters. The van der Waals surface area contributed by atoms with Crippen molar-refractivity contribution < 1.29 is 19.1 Å². The number of likely N-dealkylation sites (tertiary alicyclic amines) is 1. The molecule has 170 valence electrons. The second-order valence-electron chi connectivity index (χ2n) is 8.46. The fourth-order valence-electron chi connectivity index (χ4n) is 4.27. The number of hydrogen-bond acceptors (Lipinski definition) is 5. The van der Waals surface area contributed by atoms with Crippen LogP contribution in [0.3, 0.4) is 0 Å². The Morgan fingerprint density at radius 3 is 2.45 bits per heavy atom. The highest BCUT2D eigenvalue weighted by atomic mass is 16.5. The molecule has 6 nitrogen and oxygen atoms in total. The summed E-state index contributed by atoms with van der Waals surface area (Å²) >= 11 is 0. The Kier molecular flexibility index (Phi) is 8.52. The van der Waals surface area contributed by atoms with Crippen LogP contribution in [0.5, 0.6) is 5.75 Å². The lowest BCUT2D eigenvalue weighted by molar-refractivity contribution is -0.137. The van der Waals surface area contributed by atoms with Crippen LogP contribution in [-0.2, 0) is 14.3 Å². The minimum absolute atomic E-state index is 0.170. The molecular weight excluding hydrogens is 392 g/mol. The van der Waals surface area contributed by atoms with E-state index in [1.54, 1.807) is 0 Å². The molecule has 1 saturated heterocycles. The van der Waals surface area contributed by atoms with Gasteiger partial charge in [-0.05, 0) is 56.2 Å². The average Bonchev–Trinajstić information content (AvgIpc) is 3.01. The number of ether oxygens (including phenoxy) is 2. The average molecular weight is 429 g/mol. The summed E-state index contributed by atoms with van der Waals surface area (Å²) in [5, 5.41) is 0. The van der Waals surface area contributed by atoms with Crippen molar-refractivity contribution in [3.63, 3.8) is 0 Å². The minimum atomic E-state index is -0.198. The number of amides is 2. The summed E-state index contributed by atoms with van der Waals surface area (Å²) in [7, 11) is 0. The van der Waals surface area contributed by atoms with Gasteiger partial charge in [0.25, 0.3) is 11.8 Å². The molecule has 0 aromatic heterocycles. The van der Waals surface area contributed by atoms with Crippen molar-refractivity contribution in [2.75, 3.05) is 39.5 Å². The maximum Gasteiger partial charge on any atom is 0.277 e. The highest BCUT2D eigenvalue weighted by Gasteiger charge is 2.41. The fraction of sp³-hybridized carbons (Fsp3) is 0.600. The number of rotatable bonds is 11. The van der Waals surface area contributed by atoms with Crippen molar-refractivity contribution in [1.29, 1.82) is 0 Å². The summed E-state index contributed by atoms with van der Waals surface area (Å²) in [6, 6.07) is 7.50. The van der Waals surface area contributed by atoms with Crippen molar-refractivity contribution in [2.45, 2.75) is 52.9 Å². The van der Waals surface area contributed by atoms with Gasteiger partial charge in [0.15, 0.2) is 0 Å². The maximum absolute atomic E-state index is 13.4. The first-order chi connectivity index (χ1) is 15.1. The summed E-state index contributed by atoms with van der Waals surface area (Å²) in [4.78, 5) is 30.3. The molecule has 1 aromatic carbocycles. The van der Waals surface area contributed by atoms with E-state index in [1.165, 1.54) is 4.90 Å². The van der Waals surface area contributed by atoms with Gasteiger partial charge in [-0.2, -0.15) is 0 Å². The van der Waals surface area contributed by atoms with Crippen LogP contribution in [0.1, 0.15) is 58.4 Å². The third-order valence-electron chi connectivity index (χ3n) is 5.88. The van der Waals surface area contributed by atoms with Crippen LogP contribution >= 0.6 is 0 Å². The van der Waals surface area contributed by atoms with Gasteiger partial charge in [0, 0.05) is 32.8 Å². The lowest BCUT2D eigenvalue weighted by Crippen LogP contribution is -2.39. The predicted octanol–water partition coefficient (Wildman–Crippen LogP) is 4.10. The van der Waals surface area contributed by atoms with E-state index in [1.807, 2.05) is 31.2 Å². The number of carbonyl (C=O) groups is 2. The van der Waals surface area contributed by atoms with Gasteiger partial charge in [0.2, 0.25) is 0 Å². The van der Waals surface area contributed by atoms with Gasteiger partial charge in [-0.25, -0.2) is 0 Å². The van der Waals surface area contributed by atoms with E-state index in [2.05, 4.69) is 18.7 Å². The second-order valence-corrected chi connectivity index (χ2v) is 8.46. The van der Waals surface area contributed by atoms with Gasteiger partial charge in [0.1, 0.15) is 11.4 Å². The molecular formula is C25H36N2O4. The van der Waals surface area contributed by atoms with Crippen molar-refractivity contribution >= 4 is 17.4 Å². The molecule has 0 radical (unpaired) electrons. The van der Waals surface area contributed by atoms with Crippen molar-refractivity contribution in [3.8, 4) is 5.75 Å². The topological polar surface area (TPSA) is 59.1 Å². The van der Waals surface area contributed by atoms with Crippen LogP contribution < -0.4 is 4.74 Å². The van der Waals surface area contributed by atoms with Gasteiger partial charge < -0.3 is 14.4 Å². The van der Waals surface area contributed by atoms with Crippen LogP contribution in [0, 0.1) is 5.92 Å². The molecule has 0 saturated carbocycles. The Morgan fingerprint density at radius 2 is 1.77 bits per heavy atom. The van der Waals surface area contributed by atoms with Gasteiger partial charge in [-0.3, -0.25) is 14.5 Å². The van der Waals surface area contributed by atoms with Gasteiger partial charge >= 0.3 is 0 Å². The van der Waals surface area contributed by atoms with Crippen LogP contribution in [0.4, 0.5) is 0 Å². The van der Waals surface area contributed by atoms with Crippen LogP contribution in [0.25, 0.3) is 5.57 Å². The third kappa shape index (κ3) is 5.67. The summed E-state index contributed by atoms with van der Waals surface area (Å²) < 4.78 is 11.2.